The second-order valence-corrected chi connectivity index (χ2v) is 10.2. The normalized spacial score (nSPS) is 18.3. The van der Waals surface area contributed by atoms with Gasteiger partial charge in [0.25, 0.3) is 0 Å². The van der Waals surface area contributed by atoms with Gasteiger partial charge < -0.3 is 15.3 Å². The van der Waals surface area contributed by atoms with E-state index < -0.39 is 11.4 Å². The molecule has 0 spiro atoms. The fourth-order valence-electron chi connectivity index (χ4n) is 4.69. The molecule has 0 atom stereocenters. The summed E-state index contributed by atoms with van der Waals surface area (Å²) in [6.07, 6.45) is 8.41. The predicted molar refractivity (Wildman–Crippen MR) is 158 cm³/mol. The fourth-order valence-corrected chi connectivity index (χ4v) is 4.69. The fraction of sp³-hybridized carbons (Fsp3) is 0.258. The minimum atomic E-state index is -0.744. The maximum absolute atomic E-state index is 15.4. The molecular weight excluding hydrogens is 493 g/mol. The van der Waals surface area contributed by atoms with Crippen molar-refractivity contribution in [2.75, 3.05) is 42.9 Å². The van der Waals surface area contributed by atoms with Gasteiger partial charge in [-0.25, -0.2) is 9.38 Å². The number of rotatable bonds is 8. The Balaban J connectivity index is 1.60. The molecule has 2 N–H and O–H groups in total. The molecule has 2 aliphatic rings. The molecule has 1 fully saturated rings. The van der Waals surface area contributed by atoms with Crippen LogP contribution in [0.15, 0.2) is 95.1 Å². The first-order valence-electron chi connectivity index (χ1n) is 12.8. The number of β-amino-alcohol motifs (C(OH)–C–C–N with tert-alkyl or cyclic N) is 1. The highest BCUT2D eigenvalue weighted by atomic mass is 19.1. The highest BCUT2D eigenvalue weighted by Crippen LogP contribution is 2.32. The van der Waals surface area contributed by atoms with Crippen LogP contribution in [0.2, 0.25) is 0 Å². The molecule has 0 radical (unpaired) electrons. The van der Waals surface area contributed by atoms with Crippen LogP contribution in [-0.4, -0.2) is 66.7 Å². The zero-order valence-corrected chi connectivity index (χ0v) is 22.4. The number of aliphatic hydroxyl groups is 1. The molecule has 1 saturated heterocycles. The molecule has 2 aromatic rings. The van der Waals surface area contributed by atoms with Gasteiger partial charge in [-0.1, -0.05) is 36.9 Å². The number of piperazine rings is 1. The van der Waals surface area contributed by atoms with E-state index >= 15 is 4.39 Å². The molecule has 0 unspecified atom stereocenters. The van der Waals surface area contributed by atoms with Crippen molar-refractivity contribution >= 4 is 41.0 Å². The van der Waals surface area contributed by atoms with Gasteiger partial charge in [0.1, 0.15) is 0 Å². The average Bonchev–Trinajstić information content (AvgIpc) is 2.90. The third-order valence-corrected chi connectivity index (χ3v) is 6.44. The van der Waals surface area contributed by atoms with Crippen LogP contribution in [0.3, 0.4) is 0 Å². The number of hydrogen-bond acceptors (Lipinski definition) is 6. The molecular formula is C31H34FN5O2. The number of nitrogens with one attached hydrogen (secondary N) is 1. The van der Waals surface area contributed by atoms with Crippen LogP contribution in [0.25, 0.3) is 5.57 Å². The number of allylic oxidation sites excluding steroid dienone is 5. The lowest BCUT2D eigenvalue weighted by Gasteiger charge is -2.38. The Morgan fingerprint density at radius 3 is 2.62 bits per heavy atom. The first-order valence-corrected chi connectivity index (χ1v) is 12.8. The van der Waals surface area contributed by atoms with E-state index in [2.05, 4.69) is 33.4 Å². The number of nitrogens with zero attached hydrogens (tertiary/aromatic N) is 4. The van der Waals surface area contributed by atoms with Crippen molar-refractivity contribution in [2.45, 2.75) is 19.4 Å². The summed E-state index contributed by atoms with van der Waals surface area (Å²) in [7, 11) is 0. The quantitative estimate of drug-likeness (QED) is 0.367. The van der Waals surface area contributed by atoms with Crippen molar-refractivity contribution in [1.82, 2.24) is 4.90 Å². The Hall–Kier alpha value is -4.14. The van der Waals surface area contributed by atoms with Crippen LogP contribution in [0.4, 0.5) is 21.5 Å². The minimum Gasteiger partial charge on any atom is -0.389 e. The second kappa shape index (κ2) is 12.1. The van der Waals surface area contributed by atoms with Crippen molar-refractivity contribution in [3.05, 3.63) is 96.5 Å². The first-order chi connectivity index (χ1) is 18.7. The number of carbonyl (C=O) groups excluding carboxylic acids is 1. The van der Waals surface area contributed by atoms with Crippen molar-refractivity contribution < 1.29 is 14.3 Å². The number of aliphatic imine (C=N–C) groups is 2. The smallest absolute Gasteiger partial charge is 0.247 e. The van der Waals surface area contributed by atoms with Gasteiger partial charge in [-0.15, -0.1) is 0 Å². The molecule has 8 heteroatoms. The van der Waals surface area contributed by atoms with Gasteiger partial charge in [-0.05, 0) is 62.5 Å². The molecule has 7 nitrogen and oxygen atoms in total. The summed E-state index contributed by atoms with van der Waals surface area (Å²) in [5.41, 5.74) is 3.67. The molecule has 1 amide bonds. The van der Waals surface area contributed by atoms with Crippen LogP contribution in [-0.2, 0) is 4.79 Å². The SMILES string of the molecule is C=CC(=O)Nc1cccc(C2=CC=CC(=C/N=C)/C2=N\c2ccc(N3CCN(CC(C)(C)O)CC3)cc2F)c1. The molecule has 0 aromatic heterocycles. The molecule has 2 aromatic carbocycles. The van der Waals surface area contributed by atoms with Crippen molar-refractivity contribution in [3.63, 3.8) is 0 Å². The van der Waals surface area contributed by atoms with Crippen LogP contribution in [0, 0.1) is 5.82 Å². The van der Waals surface area contributed by atoms with Crippen molar-refractivity contribution in [2.24, 2.45) is 9.98 Å². The lowest BCUT2D eigenvalue weighted by Crippen LogP contribution is -2.50. The number of amides is 1. The first kappa shape index (κ1) is 27.9. The van der Waals surface area contributed by atoms with Crippen molar-refractivity contribution in [1.29, 1.82) is 0 Å². The summed E-state index contributed by atoms with van der Waals surface area (Å²) in [6, 6.07) is 12.4. The molecule has 0 bridgehead atoms. The van der Waals surface area contributed by atoms with E-state index in [-0.39, 0.29) is 11.6 Å². The van der Waals surface area contributed by atoms with Gasteiger partial charge >= 0.3 is 0 Å². The number of hydrogen-bond donors (Lipinski definition) is 2. The summed E-state index contributed by atoms with van der Waals surface area (Å²) in [6.45, 7) is 14.4. The van der Waals surface area contributed by atoms with Gasteiger partial charge in [-0.3, -0.25) is 14.7 Å². The average molecular weight is 528 g/mol. The van der Waals surface area contributed by atoms with E-state index in [4.69, 9.17) is 4.99 Å². The van der Waals surface area contributed by atoms with Gasteiger partial charge in [-0.2, -0.15) is 0 Å². The van der Waals surface area contributed by atoms with Gasteiger partial charge in [0.15, 0.2) is 5.82 Å². The number of halogens is 1. The van der Waals surface area contributed by atoms with Gasteiger partial charge in [0.2, 0.25) is 5.91 Å². The number of carbonyl (C=O) groups is 1. The Morgan fingerprint density at radius 1 is 1.18 bits per heavy atom. The topological polar surface area (TPSA) is 80.5 Å². The van der Waals surface area contributed by atoms with E-state index in [1.165, 1.54) is 12.1 Å². The monoisotopic (exact) mass is 527 g/mol. The maximum Gasteiger partial charge on any atom is 0.247 e. The summed E-state index contributed by atoms with van der Waals surface area (Å²) in [5, 5.41) is 12.9. The summed E-state index contributed by atoms with van der Waals surface area (Å²) < 4.78 is 15.4. The predicted octanol–water partition coefficient (Wildman–Crippen LogP) is 5.15. The van der Waals surface area contributed by atoms with Gasteiger partial charge in [0.05, 0.1) is 17.0 Å². The highest BCUT2D eigenvalue weighted by Gasteiger charge is 2.24. The summed E-state index contributed by atoms with van der Waals surface area (Å²) >= 11 is 0. The Labute approximate surface area is 229 Å². The molecule has 1 heterocycles. The Kier molecular flexibility index (Phi) is 8.69. The van der Waals surface area contributed by atoms with E-state index in [1.54, 1.807) is 32.2 Å². The van der Waals surface area contributed by atoms with Crippen molar-refractivity contribution in [3.8, 4) is 0 Å². The molecule has 0 saturated carbocycles. The largest absolute Gasteiger partial charge is 0.389 e. The third kappa shape index (κ3) is 7.25. The zero-order valence-electron chi connectivity index (χ0n) is 22.4. The van der Waals surface area contributed by atoms with E-state index in [0.717, 1.165) is 43.0 Å². The standard InChI is InChI=1S/C31H34FN5O2/c1-5-29(38)34-24-10-6-8-22(18-24)26-11-7-9-23(20-33-4)30(26)35-28-13-12-25(19-27(28)32)37-16-14-36(15-17-37)21-31(2,3)39/h5-13,18-20,39H,1,4,14-17,21H2,2-3H3,(H,34,38)/b23-20-,35-30+. The third-order valence-electron chi connectivity index (χ3n) is 6.44. The Bertz CT molecular complexity index is 1380. The molecule has 1 aliphatic heterocycles. The van der Waals surface area contributed by atoms with E-state index in [1.807, 2.05) is 42.5 Å². The zero-order chi connectivity index (χ0) is 28.0. The highest BCUT2D eigenvalue weighted by molar-refractivity contribution is 6.34. The van der Waals surface area contributed by atoms with Gasteiger partial charge in [0, 0.05) is 61.4 Å². The summed E-state index contributed by atoms with van der Waals surface area (Å²) in [4.78, 5) is 24.8. The van der Waals surface area contributed by atoms with Crippen LogP contribution in [0.5, 0.6) is 0 Å². The lowest BCUT2D eigenvalue weighted by molar-refractivity contribution is -0.111. The summed E-state index contributed by atoms with van der Waals surface area (Å²) in [5.74, 6) is -0.735. The number of anilines is 2. The lowest BCUT2D eigenvalue weighted by atomic mass is 9.91. The number of benzene rings is 2. The molecule has 202 valence electrons. The van der Waals surface area contributed by atoms with E-state index in [0.29, 0.717) is 23.5 Å². The molecule has 1 aliphatic carbocycles. The Morgan fingerprint density at radius 2 is 1.95 bits per heavy atom. The van der Waals surface area contributed by atoms with Crippen LogP contribution < -0.4 is 10.2 Å². The van der Waals surface area contributed by atoms with E-state index in [9.17, 15) is 9.90 Å². The van der Waals surface area contributed by atoms with Crippen LogP contribution >= 0.6 is 0 Å². The molecule has 4 rings (SSSR count). The minimum absolute atomic E-state index is 0.210. The molecule has 39 heavy (non-hydrogen) atoms. The maximum atomic E-state index is 15.4. The second-order valence-electron chi connectivity index (χ2n) is 10.2. The van der Waals surface area contributed by atoms with Crippen LogP contribution in [0.1, 0.15) is 19.4 Å².